The number of ether oxygens (including phenoxy) is 1. The molecule has 1 aliphatic carbocycles. The van der Waals surface area contributed by atoms with Gasteiger partial charge in [0.15, 0.2) is 0 Å². The first-order valence-corrected chi connectivity index (χ1v) is 5.05. The second kappa shape index (κ2) is 3.75. The van der Waals surface area contributed by atoms with Gasteiger partial charge in [0.2, 0.25) is 0 Å². The molecular formula is C11H17NO2. The third-order valence-electron chi connectivity index (χ3n) is 2.94. The minimum Gasteiger partial charge on any atom is -0.464 e. The van der Waals surface area contributed by atoms with Gasteiger partial charge in [0.1, 0.15) is 18.1 Å². The molecule has 0 radical (unpaired) electrons. The smallest absolute Gasteiger partial charge is 0.129 e. The normalized spacial score (nSPS) is 18.4. The van der Waals surface area contributed by atoms with E-state index in [1.165, 1.54) is 12.8 Å². The molecule has 0 amide bonds. The van der Waals surface area contributed by atoms with Crippen molar-refractivity contribution in [3.8, 4) is 0 Å². The number of methoxy groups -OCH3 is 1. The van der Waals surface area contributed by atoms with Gasteiger partial charge in [-0.1, -0.05) is 0 Å². The number of hydrogen-bond acceptors (Lipinski definition) is 3. The Balaban J connectivity index is 1.96. The standard InChI is InChI=1S/C11H17NO2/c1-13-7-10-3-2-9(14-10)6-11(8-12)4-5-11/h2-3H,4-8,12H2,1H3. The van der Waals surface area contributed by atoms with Crippen molar-refractivity contribution in [3.63, 3.8) is 0 Å². The highest BCUT2D eigenvalue weighted by atomic mass is 16.5. The Kier molecular flexibility index (Phi) is 2.61. The molecule has 0 saturated heterocycles. The molecule has 3 heteroatoms. The van der Waals surface area contributed by atoms with Gasteiger partial charge in [-0.3, -0.25) is 0 Å². The Morgan fingerprint density at radius 3 is 2.71 bits per heavy atom. The van der Waals surface area contributed by atoms with Crippen LogP contribution in [0.15, 0.2) is 16.5 Å². The van der Waals surface area contributed by atoms with Gasteiger partial charge >= 0.3 is 0 Å². The maximum absolute atomic E-state index is 5.72. The third-order valence-corrected chi connectivity index (χ3v) is 2.94. The van der Waals surface area contributed by atoms with Gasteiger partial charge in [0, 0.05) is 13.5 Å². The predicted octanol–water partition coefficient (Wildman–Crippen LogP) is 1.71. The molecule has 0 atom stereocenters. The molecule has 1 aliphatic rings. The van der Waals surface area contributed by atoms with E-state index in [1.54, 1.807) is 7.11 Å². The van der Waals surface area contributed by atoms with Gasteiger partial charge in [-0.15, -0.1) is 0 Å². The van der Waals surface area contributed by atoms with Crippen LogP contribution in [-0.4, -0.2) is 13.7 Å². The summed E-state index contributed by atoms with van der Waals surface area (Å²) in [5.41, 5.74) is 6.07. The monoisotopic (exact) mass is 195 g/mol. The topological polar surface area (TPSA) is 48.4 Å². The van der Waals surface area contributed by atoms with E-state index in [2.05, 4.69) is 0 Å². The van der Waals surface area contributed by atoms with Crippen molar-refractivity contribution in [2.24, 2.45) is 11.1 Å². The van der Waals surface area contributed by atoms with Crippen LogP contribution < -0.4 is 5.73 Å². The summed E-state index contributed by atoms with van der Waals surface area (Å²) in [6.07, 6.45) is 3.46. The summed E-state index contributed by atoms with van der Waals surface area (Å²) >= 11 is 0. The van der Waals surface area contributed by atoms with Crippen LogP contribution >= 0.6 is 0 Å². The highest BCUT2D eigenvalue weighted by molar-refractivity contribution is 5.11. The van der Waals surface area contributed by atoms with Crippen molar-refractivity contribution < 1.29 is 9.15 Å². The highest BCUT2D eigenvalue weighted by Crippen LogP contribution is 2.47. The van der Waals surface area contributed by atoms with Crippen LogP contribution in [0, 0.1) is 5.41 Å². The Morgan fingerprint density at radius 2 is 2.14 bits per heavy atom. The predicted molar refractivity (Wildman–Crippen MR) is 53.8 cm³/mol. The third kappa shape index (κ3) is 1.99. The van der Waals surface area contributed by atoms with E-state index >= 15 is 0 Å². The molecule has 0 aromatic carbocycles. The second-order valence-electron chi connectivity index (χ2n) is 4.18. The van der Waals surface area contributed by atoms with Crippen LogP contribution in [0.1, 0.15) is 24.4 Å². The summed E-state index contributed by atoms with van der Waals surface area (Å²) in [6, 6.07) is 4.01. The van der Waals surface area contributed by atoms with Gasteiger partial charge in [0.25, 0.3) is 0 Å². The first-order valence-electron chi connectivity index (χ1n) is 5.05. The number of rotatable bonds is 5. The van der Waals surface area contributed by atoms with Gasteiger partial charge in [0.05, 0.1) is 0 Å². The molecule has 1 aromatic rings. The number of nitrogens with two attached hydrogens (primary N) is 1. The number of hydrogen-bond donors (Lipinski definition) is 1. The number of furan rings is 1. The quantitative estimate of drug-likeness (QED) is 0.778. The van der Waals surface area contributed by atoms with E-state index in [1.807, 2.05) is 12.1 Å². The molecule has 1 heterocycles. The minimum atomic E-state index is 0.349. The molecule has 14 heavy (non-hydrogen) atoms. The zero-order valence-electron chi connectivity index (χ0n) is 8.58. The fraction of sp³-hybridized carbons (Fsp3) is 0.636. The van der Waals surface area contributed by atoms with Crippen molar-refractivity contribution in [1.82, 2.24) is 0 Å². The lowest BCUT2D eigenvalue weighted by Crippen LogP contribution is -2.17. The van der Waals surface area contributed by atoms with Crippen molar-refractivity contribution in [2.75, 3.05) is 13.7 Å². The molecule has 0 aliphatic heterocycles. The Morgan fingerprint density at radius 1 is 1.43 bits per heavy atom. The molecule has 3 nitrogen and oxygen atoms in total. The largest absolute Gasteiger partial charge is 0.464 e. The van der Waals surface area contributed by atoms with Crippen LogP contribution in [-0.2, 0) is 17.8 Å². The second-order valence-corrected chi connectivity index (χ2v) is 4.18. The maximum Gasteiger partial charge on any atom is 0.129 e. The molecule has 2 N–H and O–H groups in total. The fourth-order valence-corrected chi connectivity index (χ4v) is 1.74. The molecule has 1 fully saturated rings. The Labute approximate surface area is 84.2 Å². The molecule has 78 valence electrons. The molecule has 1 saturated carbocycles. The zero-order chi connectivity index (χ0) is 10.0. The van der Waals surface area contributed by atoms with Crippen molar-refractivity contribution in [1.29, 1.82) is 0 Å². The van der Waals surface area contributed by atoms with E-state index in [-0.39, 0.29) is 0 Å². The molecule has 2 rings (SSSR count). The maximum atomic E-state index is 5.72. The lowest BCUT2D eigenvalue weighted by atomic mass is 10.0. The summed E-state index contributed by atoms with van der Waals surface area (Å²) in [6.45, 7) is 1.32. The Hall–Kier alpha value is -0.800. The highest BCUT2D eigenvalue weighted by Gasteiger charge is 2.41. The molecule has 1 aromatic heterocycles. The zero-order valence-corrected chi connectivity index (χ0v) is 8.58. The lowest BCUT2D eigenvalue weighted by Gasteiger charge is -2.08. The Bertz CT molecular complexity index is 302. The van der Waals surface area contributed by atoms with Crippen LogP contribution in [0.25, 0.3) is 0 Å². The van der Waals surface area contributed by atoms with E-state index in [0.29, 0.717) is 12.0 Å². The summed E-state index contributed by atoms with van der Waals surface area (Å²) in [7, 11) is 1.67. The molecule has 0 unspecified atom stereocenters. The van der Waals surface area contributed by atoms with E-state index in [0.717, 1.165) is 24.5 Å². The summed E-state index contributed by atoms with van der Waals surface area (Å²) < 4.78 is 10.6. The van der Waals surface area contributed by atoms with Crippen LogP contribution in [0.2, 0.25) is 0 Å². The van der Waals surface area contributed by atoms with E-state index in [4.69, 9.17) is 14.9 Å². The van der Waals surface area contributed by atoms with Gasteiger partial charge in [-0.05, 0) is 36.9 Å². The molecule has 0 bridgehead atoms. The van der Waals surface area contributed by atoms with Crippen LogP contribution in [0.5, 0.6) is 0 Å². The SMILES string of the molecule is COCc1ccc(CC2(CN)CC2)o1. The van der Waals surface area contributed by atoms with E-state index in [9.17, 15) is 0 Å². The summed E-state index contributed by atoms with van der Waals surface area (Å²) in [5, 5.41) is 0. The van der Waals surface area contributed by atoms with E-state index < -0.39 is 0 Å². The fourth-order valence-electron chi connectivity index (χ4n) is 1.74. The van der Waals surface area contributed by atoms with Gasteiger partial charge in [-0.2, -0.15) is 0 Å². The van der Waals surface area contributed by atoms with Crippen molar-refractivity contribution >= 4 is 0 Å². The van der Waals surface area contributed by atoms with Crippen molar-refractivity contribution in [3.05, 3.63) is 23.7 Å². The first-order chi connectivity index (χ1) is 6.78. The minimum absolute atomic E-state index is 0.349. The average molecular weight is 195 g/mol. The van der Waals surface area contributed by atoms with Gasteiger partial charge < -0.3 is 14.9 Å². The molecular weight excluding hydrogens is 178 g/mol. The van der Waals surface area contributed by atoms with Crippen LogP contribution in [0.3, 0.4) is 0 Å². The first kappa shape index (κ1) is 9.74. The lowest BCUT2D eigenvalue weighted by molar-refractivity contribution is 0.162. The van der Waals surface area contributed by atoms with Gasteiger partial charge in [-0.25, -0.2) is 0 Å². The average Bonchev–Trinajstić information content (AvgIpc) is 2.82. The molecule has 0 spiro atoms. The van der Waals surface area contributed by atoms with Crippen LogP contribution in [0.4, 0.5) is 0 Å². The summed E-state index contributed by atoms with van der Waals surface area (Å²) in [4.78, 5) is 0. The van der Waals surface area contributed by atoms with Crippen molar-refractivity contribution in [2.45, 2.75) is 25.9 Å². The summed E-state index contributed by atoms with van der Waals surface area (Å²) in [5.74, 6) is 1.94.